The van der Waals surface area contributed by atoms with Gasteiger partial charge in [0.05, 0.1) is 30.2 Å². The van der Waals surface area contributed by atoms with Crippen molar-refractivity contribution in [1.82, 2.24) is 0 Å². The van der Waals surface area contributed by atoms with Crippen LogP contribution in [0.3, 0.4) is 0 Å². The molecular formula is C15H12BrNO4. The van der Waals surface area contributed by atoms with E-state index < -0.39 is 23.5 Å². The number of aliphatic hydroxyl groups excluding tert-OH is 1. The first-order valence-electron chi connectivity index (χ1n) is 6.69. The molecule has 2 fully saturated rings. The molecule has 2 amide bonds. The Labute approximate surface area is 129 Å². The third kappa shape index (κ3) is 1.52. The second kappa shape index (κ2) is 4.25. The number of anilines is 1. The van der Waals surface area contributed by atoms with Crippen LogP contribution in [0.5, 0.6) is 0 Å². The zero-order valence-corrected chi connectivity index (χ0v) is 12.5. The number of hydrogen-bond donors (Lipinski definition) is 1. The summed E-state index contributed by atoms with van der Waals surface area (Å²) in [5.74, 6) is -1.75. The number of halogens is 1. The predicted molar refractivity (Wildman–Crippen MR) is 77.4 cm³/mol. The second-order valence-corrected chi connectivity index (χ2v) is 6.38. The molecule has 108 valence electrons. The van der Waals surface area contributed by atoms with Gasteiger partial charge >= 0.3 is 0 Å². The number of nitrogens with zero attached hydrogens (tertiary/aromatic N) is 1. The quantitative estimate of drug-likeness (QED) is 0.644. The molecule has 1 aromatic carbocycles. The van der Waals surface area contributed by atoms with Gasteiger partial charge in [-0.05, 0) is 28.1 Å². The number of benzene rings is 1. The Hall–Kier alpha value is -1.50. The molecule has 3 aliphatic heterocycles. The van der Waals surface area contributed by atoms with E-state index in [1.54, 1.807) is 30.4 Å². The van der Waals surface area contributed by atoms with Gasteiger partial charge in [-0.25, -0.2) is 4.90 Å². The zero-order chi connectivity index (χ0) is 14.8. The SMILES string of the molecule is O=C1[C@@H]2[C@@H]3C=C[C@](CO)(O3)[C@@H]2C(=O)N1c1ccccc1Br. The lowest BCUT2D eigenvalue weighted by Gasteiger charge is -2.26. The molecule has 0 spiro atoms. The Kier molecular flexibility index (Phi) is 2.67. The molecule has 6 heteroatoms. The fraction of sp³-hybridized carbons (Fsp3) is 0.333. The lowest BCUT2D eigenvalue weighted by molar-refractivity contribution is -0.128. The highest BCUT2D eigenvalue weighted by atomic mass is 79.9. The number of aliphatic hydroxyl groups is 1. The number of fused-ring (bicyclic) bond motifs is 5. The molecule has 1 aromatic rings. The minimum Gasteiger partial charge on any atom is -0.393 e. The van der Waals surface area contributed by atoms with Crippen molar-refractivity contribution in [2.45, 2.75) is 11.7 Å². The molecule has 0 unspecified atom stereocenters. The van der Waals surface area contributed by atoms with Crippen molar-refractivity contribution in [1.29, 1.82) is 0 Å². The summed E-state index contributed by atoms with van der Waals surface area (Å²) in [5, 5.41) is 9.64. The molecular weight excluding hydrogens is 338 g/mol. The van der Waals surface area contributed by atoms with Crippen LogP contribution in [0.4, 0.5) is 5.69 Å². The summed E-state index contributed by atoms with van der Waals surface area (Å²) in [7, 11) is 0. The summed E-state index contributed by atoms with van der Waals surface area (Å²) < 4.78 is 6.38. The van der Waals surface area contributed by atoms with E-state index in [1.807, 2.05) is 6.07 Å². The average molecular weight is 350 g/mol. The van der Waals surface area contributed by atoms with E-state index in [0.29, 0.717) is 10.2 Å². The number of carbonyl (C=O) groups excluding carboxylic acids is 2. The second-order valence-electron chi connectivity index (χ2n) is 5.52. The Bertz CT molecular complexity index is 688. The fourth-order valence-electron chi connectivity index (χ4n) is 3.55. The molecule has 4 atom stereocenters. The smallest absolute Gasteiger partial charge is 0.241 e. The van der Waals surface area contributed by atoms with Gasteiger partial charge in [0.2, 0.25) is 11.8 Å². The molecule has 1 N–H and O–H groups in total. The van der Waals surface area contributed by atoms with Crippen LogP contribution in [-0.4, -0.2) is 35.2 Å². The number of amides is 2. The molecule has 2 saturated heterocycles. The average Bonchev–Trinajstić information content (AvgIpc) is 3.12. The van der Waals surface area contributed by atoms with Crippen molar-refractivity contribution >= 4 is 33.4 Å². The van der Waals surface area contributed by atoms with Gasteiger partial charge in [0.1, 0.15) is 5.60 Å². The van der Waals surface area contributed by atoms with Crippen molar-refractivity contribution < 1.29 is 19.4 Å². The fourth-order valence-corrected chi connectivity index (χ4v) is 4.02. The van der Waals surface area contributed by atoms with Crippen LogP contribution in [-0.2, 0) is 14.3 Å². The summed E-state index contributed by atoms with van der Waals surface area (Å²) in [4.78, 5) is 26.7. The Morgan fingerprint density at radius 2 is 2.05 bits per heavy atom. The number of ether oxygens (including phenoxy) is 1. The first-order valence-corrected chi connectivity index (χ1v) is 7.49. The van der Waals surface area contributed by atoms with Crippen molar-refractivity contribution in [3.05, 3.63) is 40.9 Å². The zero-order valence-electron chi connectivity index (χ0n) is 10.9. The van der Waals surface area contributed by atoms with Crippen LogP contribution >= 0.6 is 15.9 Å². The summed E-state index contributed by atoms with van der Waals surface area (Å²) in [6, 6.07) is 7.11. The normalized spacial score (nSPS) is 36.7. The van der Waals surface area contributed by atoms with Gasteiger partial charge in [0, 0.05) is 4.47 Å². The number of hydrogen-bond acceptors (Lipinski definition) is 4. The van der Waals surface area contributed by atoms with Crippen LogP contribution < -0.4 is 4.90 Å². The molecule has 5 nitrogen and oxygen atoms in total. The van der Waals surface area contributed by atoms with Crippen molar-refractivity contribution in [3.63, 3.8) is 0 Å². The van der Waals surface area contributed by atoms with Gasteiger partial charge in [-0.15, -0.1) is 0 Å². The number of carbonyl (C=O) groups is 2. The largest absolute Gasteiger partial charge is 0.393 e. The Morgan fingerprint density at radius 3 is 2.76 bits per heavy atom. The minimum absolute atomic E-state index is 0.262. The van der Waals surface area contributed by atoms with E-state index >= 15 is 0 Å². The van der Waals surface area contributed by atoms with E-state index in [0.717, 1.165) is 0 Å². The maximum absolute atomic E-state index is 12.8. The van der Waals surface area contributed by atoms with Gasteiger partial charge in [-0.2, -0.15) is 0 Å². The number of para-hydroxylation sites is 1. The molecule has 0 saturated carbocycles. The highest BCUT2D eigenvalue weighted by molar-refractivity contribution is 9.10. The lowest BCUT2D eigenvalue weighted by atomic mass is 9.77. The molecule has 2 bridgehead atoms. The molecule has 3 heterocycles. The van der Waals surface area contributed by atoms with Crippen LogP contribution in [0.2, 0.25) is 0 Å². The molecule has 21 heavy (non-hydrogen) atoms. The van der Waals surface area contributed by atoms with Gasteiger partial charge < -0.3 is 9.84 Å². The molecule has 0 radical (unpaired) electrons. The summed E-state index contributed by atoms with van der Waals surface area (Å²) in [6.07, 6.45) is 3.06. The maximum atomic E-state index is 12.8. The van der Waals surface area contributed by atoms with E-state index in [-0.39, 0.29) is 18.4 Å². The van der Waals surface area contributed by atoms with E-state index in [1.165, 1.54) is 4.90 Å². The predicted octanol–water partition coefficient (Wildman–Crippen LogP) is 1.25. The third-order valence-corrected chi connectivity index (χ3v) is 5.17. The first kappa shape index (κ1) is 13.2. The maximum Gasteiger partial charge on any atom is 0.241 e. The topological polar surface area (TPSA) is 66.8 Å². The summed E-state index contributed by atoms with van der Waals surface area (Å²) in [5.41, 5.74) is -0.507. The standard InChI is InChI=1S/C15H12BrNO4/c16-8-3-1-2-4-9(8)17-13(19)11-10-5-6-15(7-18,21-10)12(11)14(17)20/h1-6,10-12,18H,7H2/t10-,11+,12-,15+/m0/s1. The van der Waals surface area contributed by atoms with Crippen molar-refractivity contribution in [2.24, 2.45) is 11.8 Å². The highest BCUT2D eigenvalue weighted by Crippen LogP contribution is 2.52. The Balaban J connectivity index is 1.81. The van der Waals surface area contributed by atoms with Crippen LogP contribution in [0.25, 0.3) is 0 Å². The van der Waals surface area contributed by atoms with E-state index in [9.17, 15) is 14.7 Å². The number of imide groups is 1. The molecule has 0 aromatic heterocycles. The molecule has 4 rings (SSSR count). The third-order valence-electron chi connectivity index (χ3n) is 4.50. The van der Waals surface area contributed by atoms with E-state index in [2.05, 4.69) is 15.9 Å². The summed E-state index contributed by atoms with van der Waals surface area (Å²) in [6.45, 7) is -0.302. The van der Waals surface area contributed by atoms with Gasteiger partial charge in [0.15, 0.2) is 0 Å². The first-order chi connectivity index (χ1) is 10.1. The van der Waals surface area contributed by atoms with Crippen LogP contribution in [0.1, 0.15) is 0 Å². The van der Waals surface area contributed by atoms with E-state index in [4.69, 9.17) is 4.74 Å². The van der Waals surface area contributed by atoms with Crippen LogP contribution in [0.15, 0.2) is 40.9 Å². The van der Waals surface area contributed by atoms with Gasteiger partial charge in [-0.3, -0.25) is 9.59 Å². The molecule has 0 aliphatic carbocycles. The van der Waals surface area contributed by atoms with Crippen molar-refractivity contribution in [2.75, 3.05) is 11.5 Å². The monoisotopic (exact) mass is 349 g/mol. The Morgan fingerprint density at radius 1 is 1.29 bits per heavy atom. The van der Waals surface area contributed by atoms with Gasteiger partial charge in [-0.1, -0.05) is 24.3 Å². The number of rotatable bonds is 2. The highest BCUT2D eigenvalue weighted by Gasteiger charge is 2.67. The van der Waals surface area contributed by atoms with Gasteiger partial charge in [0.25, 0.3) is 0 Å². The lowest BCUT2D eigenvalue weighted by Crippen LogP contribution is -2.43. The van der Waals surface area contributed by atoms with Crippen LogP contribution in [0, 0.1) is 11.8 Å². The van der Waals surface area contributed by atoms with Crippen molar-refractivity contribution in [3.8, 4) is 0 Å². The summed E-state index contributed by atoms with van der Waals surface area (Å²) >= 11 is 3.38. The minimum atomic E-state index is -1.04. The molecule has 3 aliphatic rings.